The summed E-state index contributed by atoms with van der Waals surface area (Å²) in [6.07, 6.45) is 3.85. The molecule has 2 aliphatic heterocycles. The second-order valence-corrected chi connectivity index (χ2v) is 7.30. The fraction of sp³-hybridized carbons (Fsp3) is 0.500. The fourth-order valence-electron chi connectivity index (χ4n) is 3.85. The van der Waals surface area contributed by atoms with E-state index in [1.165, 1.54) is 12.1 Å². The molecule has 144 valence electrons. The smallest absolute Gasteiger partial charge is 0.219 e. The predicted octanol–water partition coefficient (Wildman–Crippen LogP) is 2.19. The summed E-state index contributed by atoms with van der Waals surface area (Å²) in [5.74, 6) is 0.823. The van der Waals surface area contributed by atoms with E-state index < -0.39 is 0 Å². The van der Waals surface area contributed by atoms with Gasteiger partial charge in [-0.2, -0.15) is 0 Å². The quantitative estimate of drug-likeness (QED) is 0.894. The molecule has 7 heteroatoms. The summed E-state index contributed by atoms with van der Waals surface area (Å²) in [4.78, 5) is 17.8. The van der Waals surface area contributed by atoms with Gasteiger partial charge in [-0.25, -0.2) is 9.37 Å². The van der Waals surface area contributed by atoms with E-state index in [0.717, 1.165) is 56.1 Å². The summed E-state index contributed by atoms with van der Waals surface area (Å²) < 4.78 is 21.3. The van der Waals surface area contributed by atoms with Crippen LogP contribution in [0.5, 0.6) is 0 Å². The van der Waals surface area contributed by atoms with Crippen LogP contribution in [0, 0.1) is 5.82 Å². The molecule has 1 aromatic heterocycles. The van der Waals surface area contributed by atoms with Crippen LogP contribution in [-0.2, 0) is 22.7 Å². The van der Waals surface area contributed by atoms with Gasteiger partial charge in [0.2, 0.25) is 5.91 Å². The lowest BCUT2D eigenvalue weighted by atomic mass is 10.0. The molecule has 27 heavy (non-hydrogen) atoms. The molecule has 1 amide bonds. The number of piperidine rings is 1. The highest BCUT2D eigenvalue weighted by atomic mass is 19.1. The average molecular weight is 372 g/mol. The van der Waals surface area contributed by atoms with Crippen LogP contribution in [0.15, 0.2) is 30.5 Å². The zero-order valence-corrected chi connectivity index (χ0v) is 15.5. The van der Waals surface area contributed by atoms with E-state index >= 15 is 0 Å². The highest BCUT2D eigenvalue weighted by Crippen LogP contribution is 2.25. The normalized spacial score (nSPS) is 20.5. The summed E-state index contributed by atoms with van der Waals surface area (Å²) >= 11 is 0. The lowest BCUT2D eigenvalue weighted by Crippen LogP contribution is -2.47. The highest BCUT2D eigenvalue weighted by Gasteiger charge is 2.25. The Morgan fingerprint density at radius 3 is 2.74 bits per heavy atom. The van der Waals surface area contributed by atoms with Crippen LogP contribution in [0.25, 0.3) is 11.3 Å². The Labute approximate surface area is 158 Å². The number of nitrogens with zero attached hydrogens (tertiary/aromatic N) is 3. The number of carbonyl (C=O) groups excluding carboxylic acids is 1. The van der Waals surface area contributed by atoms with Gasteiger partial charge in [-0.05, 0) is 42.7 Å². The average Bonchev–Trinajstić information content (AvgIpc) is 3.10. The van der Waals surface area contributed by atoms with E-state index in [1.54, 1.807) is 19.1 Å². The number of carbonyl (C=O) groups is 1. The minimum absolute atomic E-state index is 0.0664. The molecule has 2 aliphatic rings. The van der Waals surface area contributed by atoms with Crippen molar-refractivity contribution in [3.63, 3.8) is 0 Å². The third-order valence-electron chi connectivity index (χ3n) is 5.49. The molecule has 1 N–H and O–H groups in total. The molecule has 0 bridgehead atoms. The van der Waals surface area contributed by atoms with Crippen LogP contribution in [0.2, 0.25) is 0 Å². The Bertz CT molecular complexity index is 797. The molecule has 4 rings (SSSR count). The van der Waals surface area contributed by atoms with Gasteiger partial charge >= 0.3 is 0 Å². The monoisotopic (exact) mass is 372 g/mol. The maximum absolute atomic E-state index is 13.2. The molecule has 6 nitrogen and oxygen atoms in total. The molecule has 1 atom stereocenters. The lowest BCUT2D eigenvalue weighted by Gasteiger charge is -2.33. The molecule has 1 aromatic carbocycles. The second-order valence-electron chi connectivity index (χ2n) is 7.30. The largest absolute Gasteiger partial charge is 0.367 e. The number of likely N-dealkylation sites (tertiary alicyclic amines) is 1. The third-order valence-corrected chi connectivity index (χ3v) is 5.49. The Kier molecular flexibility index (Phi) is 5.22. The van der Waals surface area contributed by atoms with Crippen LogP contribution in [-0.4, -0.2) is 52.1 Å². The number of halogens is 1. The maximum atomic E-state index is 13.2. The van der Waals surface area contributed by atoms with Crippen molar-refractivity contribution in [1.82, 2.24) is 19.8 Å². The van der Waals surface area contributed by atoms with Gasteiger partial charge in [0.05, 0.1) is 24.5 Å². The Hall–Kier alpha value is -2.25. The van der Waals surface area contributed by atoms with Crippen molar-refractivity contribution in [3.05, 3.63) is 42.1 Å². The summed E-state index contributed by atoms with van der Waals surface area (Å²) in [7, 11) is 0. The molecule has 0 unspecified atom stereocenters. The van der Waals surface area contributed by atoms with Crippen LogP contribution in [0.3, 0.4) is 0 Å². The minimum atomic E-state index is -0.238. The number of rotatable bonds is 4. The van der Waals surface area contributed by atoms with Crippen molar-refractivity contribution in [2.24, 2.45) is 0 Å². The van der Waals surface area contributed by atoms with E-state index in [9.17, 15) is 9.18 Å². The van der Waals surface area contributed by atoms with Crippen molar-refractivity contribution >= 4 is 5.91 Å². The van der Waals surface area contributed by atoms with Gasteiger partial charge < -0.3 is 19.5 Å². The van der Waals surface area contributed by atoms with Crippen molar-refractivity contribution in [1.29, 1.82) is 0 Å². The molecule has 1 saturated heterocycles. The minimum Gasteiger partial charge on any atom is -0.367 e. The fourth-order valence-corrected chi connectivity index (χ4v) is 3.85. The van der Waals surface area contributed by atoms with Crippen LogP contribution in [0.1, 0.15) is 25.6 Å². The number of nitrogens with one attached hydrogen (secondary N) is 1. The molecule has 3 heterocycles. The standard InChI is InChI=1S/C20H25FN4O2/c1-14(26)24-8-6-17(7-9-24)22-10-18-12-25-19(11-23-20(25)13-27-18)15-2-4-16(21)5-3-15/h2-5,11,17-18,22H,6-10,12-13H2,1H3/t18-/m0/s1. The molecular weight excluding hydrogens is 347 g/mol. The van der Waals surface area contributed by atoms with Crippen molar-refractivity contribution in [3.8, 4) is 11.3 Å². The third kappa shape index (κ3) is 4.04. The van der Waals surface area contributed by atoms with Gasteiger partial charge in [-0.1, -0.05) is 0 Å². The van der Waals surface area contributed by atoms with Crippen LogP contribution in [0.4, 0.5) is 4.39 Å². The maximum Gasteiger partial charge on any atom is 0.219 e. The van der Waals surface area contributed by atoms with E-state index in [0.29, 0.717) is 12.6 Å². The molecule has 0 saturated carbocycles. The van der Waals surface area contributed by atoms with Crippen molar-refractivity contribution < 1.29 is 13.9 Å². The zero-order chi connectivity index (χ0) is 18.8. The predicted molar refractivity (Wildman–Crippen MR) is 99.5 cm³/mol. The molecular formula is C20H25FN4O2. The number of ether oxygens (including phenoxy) is 1. The molecule has 1 fully saturated rings. The van der Waals surface area contributed by atoms with Gasteiger partial charge in [0.1, 0.15) is 18.2 Å². The van der Waals surface area contributed by atoms with Crippen LogP contribution < -0.4 is 5.32 Å². The van der Waals surface area contributed by atoms with E-state index in [4.69, 9.17) is 4.74 Å². The van der Waals surface area contributed by atoms with Crippen molar-refractivity contribution in [2.75, 3.05) is 19.6 Å². The van der Waals surface area contributed by atoms with E-state index in [2.05, 4.69) is 14.9 Å². The van der Waals surface area contributed by atoms with Crippen LogP contribution >= 0.6 is 0 Å². The number of imidazole rings is 1. The first kappa shape index (κ1) is 18.1. The Morgan fingerprint density at radius 1 is 1.30 bits per heavy atom. The van der Waals surface area contributed by atoms with Gasteiger partial charge in [0.15, 0.2) is 0 Å². The summed E-state index contributed by atoms with van der Waals surface area (Å²) in [5, 5.41) is 3.59. The highest BCUT2D eigenvalue weighted by molar-refractivity contribution is 5.73. The topological polar surface area (TPSA) is 59.4 Å². The van der Waals surface area contributed by atoms with Gasteiger partial charge in [0, 0.05) is 32.6 Å². The number of aromatic nitrogens is 2. The van der Waals surface area contributed by atoms with E-state index in [1.807, 2.05) is 11.1 Å². The zero-order valence-electron chi connectivity index (χ0n) is 15.5. The lowest BCUT2D eigenvalue weighted by molar-refractivity contribution is -0.129. The number of hydrogen-bond donors (Lipinski definition) is 1. The molecule has 0 spiro atoms. The van der Waals surface area contributed by atoms with Gasteiger partial charge in [-0.3, -0.25) is 4.79 Å². The number of hydrogen-bond acceptors (Lipinski definition) is 4. The van der Waals surface area contributed by atoms with Crippen molar-refractivity contribution in [2.45, 2.75) is 45.1 Å². The summed E-state index contributed by atoms with van der Waals surface area (Å²) in [5.41, 5.74) is 1.95. The van der Waals surface area contributed by atoms with Gasteiger partial charge in [-0.15, -0.1) is 0 Å². The second kappa shape index (κ2) is 7.78. The molecule has 2 aromatic rings. The SMILES string of the molecule is CC(=O)N1CCC(NC[C@H]2Cn3c(-c4ccc(F)cc4)cnc3CO2)CC1. The Balaban J connectivity index is 1.35. The molecule has 0 aliphatic carbocycles. The number of amides is 1. The van der Waals surface area contributed by atoms with E-state index in [-0.39, 0.29) is 17.8 Å². The summed E-state index contributed by atoms with van der Waals surface area (Å²) in [6.45, 7) is 5.24. The number of fused-ring (bicyclic) bond motifs is 1. The summed E-state index contributed by atoms with van der Waals surface area (Å²) in [6, 6.07) is 6.93. The molecule has 0 radical (unpaired) electrons. The first-order valence-electron chi connectivity index (χ1n) is 9.51. The number of benzene rings is 1. The first-order valence-corrected chi connectivity index (χ1v) is 9.51. The van der Waals surface area contributed by atoms with Gasteiger partial charge in [0.25, 0.3) is 0 Å². The first-order chi connectivity index (χ1) is 13.1. The Morgan fingerprint density at radius 2 is 2.04 bits per heavy atom.